The van der Waals surface area contributed by atoms with Crippen molar-refractivity contribution in [3.05, 3.63) is 48.0 Å². The van der Waals surface area contributed by atoms with Crippen molar-refractivity contribution in [2.45, 2.75) is 6.54 Å². The molecule has 2 heterocycles. The Balaban J connectivity index is 1.91. The molecule has 0 bridgehead atoms. The minimum atomic E-state index is -0.389. The van der Waals surface area contributed by atoms with Crippen LogP contribution in [0.3, 0.4) is 0 Å². The number of nitrogen functional groups attached to an aromatic ring is 1. The lowest BCUT2D eigenvalue weighted by atomic mass is 10.2. The standard InChI is InChI=1S/C14H14FN5O/c1-19(8-9-6-10(15)2-3-12(9)21)13-4-5-20-14(18-13)11(16)7-17-20/h2-7,21H,8,16H2,1H3. The molecule has 6 nitrogen and oxygen atoms in total. The Hall–Kier alpha value is -2.83. The lowest BCUT2D eigenvalue weighted by Crippen LogP contribution is -2.18. The van der Waals surface area contributed by atoms with E-state index in [1.807, 2.05) is 0 Å². The maximum absolute atomic E-state index is 13.2. The number of phenols is 1. The predicted octanol–water partition coefficient (Wildman–Crippen LogP) is 1.79. The van der Waals surface area contributed by atoms with Crippen LogP contribution in [-0.2, 0) is 6.54 Å². The zero-order valence-corrected chi connectivity index (χ0v) is 11.4. The first-order valence-corrected chi connectivity index (χ1v) is 6.33. The predicted molar refractivity (Wildman–Crippen MR) is 77.6 cm³/mol. The van der Waals surface area contributed by atoms with Gasteiger partial charge in [0.15, 0.2) is 5.65 Å². The first kappa shape index (κ1) is 13.2. The van der Waals surface area contributed by atoms with Crippen molar-refractivity contribution in [1.82, 2.24) is 14.6 Å². The number of nitrogens with zero attached hydrogens (tertiary/aromatic N) is 4. The van der Waals surface area contributed by atoms with Crippen LogP contribution in [-0.4, -0.2) is 26.8 Å². The summed E-state index contributed by atoms with van der Waals surface area (Å²) in [6.07, 6.45) is 3.28. The highest BCUT2D eigenvalue weighted by Crippen LogP contribution is 2.22. The van der Waals surface area contributed by atoms with E-state index in [1.54, 1.807) is 28.7 Å². The van der Waals surface area contributed by atoms with Crippen molar-refractivity contribution < 1.29 is 9.50 Å². The van der Waals surface area contributed by atoms with Crippen molar-refractivity contribution in [1.29, 1.82) is 0 Å². The van der Waals surface area contributed by atoms with Crippen LogP contribution in [0.4, 0.5) is 15.9 Å². The number of hydrogen-bond acceptors (Lipinski definition) is 5. The molecule has 0 fully saturated rings. The third kappa shape index (κ3) is 2.45. The summed E-state index contributed by atoms with van der Waals surface area (Å²) in [6, 6.07) is 5.63. The summed E-state index contributed by atoms with van der Waals surface area (Å²) in [5, 5.41) is 13.8. The van der Waals surface area contributed by atoms with Gasteiger partial charge in [-0.25, -0.2) is 13.9 Å². The molecule has 0 atom stereocenters. The minimum absolute atomic E-state index is 0.0493. The molecule has 7 heteroatoms. The van der Waals surface area contributed by atoms with Gasteiger partial charge in [-0.2, -0.15) is 5.10 Å². The van der Waals surface area contributed by atoms with Gasteiger partial charge in [0.05, 0.1) is 11.9 Å². The van der Waals surface area contributed by atoms with Gasteiger partial charge in [-0.1, -0.05) is 0 Å². The lowest BCUT2D eigenvalue weighted by molar-refractivity contribution is 0.465. The maximum atomic E-state index is 13.2. The first-order chi connectivity index (χ1) is 10.0. The Morgan fingerprint density at radius 1 is 1.38 bits per heavy atom. The number of rotatable bonds is 3. The Morgan fingerprint density at radius 3 is 3.00 bits per heavy atom. The number of halogens is 1. The second kappa shape index (κ2) is 4.93. The fourth-order valence-electron chi connectivity index (χ4n) is 2.11. The van der Waals surface area contributed by atoms with Crippen LogP contribution >= 0.6 is 0 Å². The van der Waals surface area contributed by atoms with E-state index in [1.165, 1.54) is 24.4 Å². The number of aromatic hydroxyl groups is 1. The summed E-state index contributed by atoms with van der Waals surface area (Å²) in [4.78, 5) is 6.20. The van der Waals surface area contributed by atoms with Crippen LogP contribution in [0.2, 0.25) is 0 Å². The lowest BCUT2D eigenvalue weighted by Gasteiger charge is -2.19. The van der Waals surface area contributed by atoms with E-state index in [4.69, 9.17) is 5.73 Å². The van der Waals surface area contributed by atoms with Gasteiger partial charge in [-0.05, 0) is 24.3 Å². The molecule has 3 N–H and O–H groups in total. The van der Waals surface area contributed by atoms with Gasteiger partial charge in [0.1, 0.15) is 17.4 Å². The maximum Gasteiger partial charge on any atom is 0.180 e. The number of fused-ring (bicyclic) bond motifs is 1. The molecule has 21 heavy (non-hydrogen) atoms. The van der Waals surface area contributed by atoms with Crippen molar-refractivity contribution >= 4 is 17.2 Å². The van der Waals surface area contributed by atoms with E-state index >= 15 is 0 Å². The topological polar surface area (TPSA) is 79.7 Å². The molecule has 0 unspecified atom stereocenters. The molecule has 0 aliphatic heterocycles. The summed E-state index contributed by atoms with van der Waals surface area (Å²) in [7, 11) is 1.80. The Bertz CT molecular complexity index is 801. The molecule has 0 spiro atoms. The van der Waals surface area contributed by atoms with Crippen LogP contribution < -0.4 is 10.6 Å². The normalized spacial score (nSPS) is 11.0. The molecule has 1 aromatic carbocycles. The number of nitrogens with two attached hydrogens (primary N) is 1. The van der Waals surface area contributed by atoms with Crippen LogP contribution in [0.25, 0.3) is 5.65 Å². The SMILES string of the molecule is CN(Cc1cc(F)ccc1O)c1ccn2ncc(N)c2n1. The molecule has 0 amide bonds. The zero-order valence-electron chi connectivity index (χ0n) is 11.4. The molecule has 0 saturated heterocycles. The van der Waals surface area contributed by atoms with Crippen LogP contribution in [0.1, 0.15) is 5.56 Å². The molecule has 108 valence electrons. The smallest absolute Gasteiger partial charge is 0.180 e. The average molecular weight is 287 g/mol. The van der Waals surface area contributed by atoms with Crippen molar-refractivity contribution in [3.8, 4) is 5.75 Å². The molecule has 0 saturated carbocycles. The van der Waals surface area contributed by atoms with Gasteiger partial charge in [-0.15, -0.1) is 0 Å². The average Bonchev–Trinajstić information content (AvgIpc) is 2.84. The Labute approximate surface area is 120 Å². The summed E-state index contributed by atoms with van der Waals surface area (Å²) in [5.41, 5.74) is 7.32. The van der Waals surface area contributed by atoms with Gasteiger partial charge in [-0.3, -0.25) is 0 Å². The van der Waals surface area contributed by atoms with E-state index in [-0.39, 0.29) is 11.6 Å². The van der Waals surface area contributed by atoms with Crippen LogP contribution in [0.15, 0.2) is 36.7 Å². The van der Waals surface area contributed by atoms with E-state index in [0.717, 1.165) is 0 Å². The van der Waals surface area contributed by atoms with E-state index in [0.29, 0.717) is 29.3 Å². The zero-order chi connectivity index (χ0) is 15.0. The summed E-state index contributed by atoms with van der Waals surface area (Å²) < 4.78 is 14.8. The van der Waals surface area contributed by atoms with Gasteiger partial charge in [0, 0.05) is 25.4 Å². The highest BCUT2D eigenvalue weighted by Gasteiger charge is 2.10. The highest BCUT2D eigenvalue weighted by atomic mass is 19.1. The third-order valence-corrected chi connectivity index (χ3v) is 3.22. The molecule has 0 aliphatic rings. The van der Waals surface area contributed by atoms with Gasteiger partial charge in [0.25, 0.3) is 0 Å². The summed E-state index contributed by atoms with van der Waals surface area (Å²) in [5.74, 6) is 0.311. The van der Waals surface area contributed by atoms with E-state index in [9.17, 15) is 9.50 Å². The fraction of sp³-hybridized carbons (Fsp3) is 0.143. The molecule has 0 aliphatic carbocycles. The fourth-order valence-corrected chi connectivity index (χ4v) is 2.11. The quantitative estimate of drug-likeness (QED) is 0.767. The monoisotopic (exact) mass is 287 g/mol. The molecule has 0 radical (unpaired) electrons. The molecule has 3 aromatic rings. The minimum Gasteiger partial charge on any atom is -0.508 e. The number of hydrogen-bond donors (Lipinski definition) is 2. The van der Waals surface area contributed by atoms with Gasteiger partial charge < -0.3 is 15.7 Å². The second-order valence-electron chi connectivity index (χ2n) is 4.78. The Kier molecular flexibility index (Phi) is 3.09. The Morgan fingerprint density at radius 2 is 2.19 bits per heavy atom. The summed E-state index contributed by atoms with van der Waals surface area (Å²) >= 11 is 0. The summed E-state index contributed by atoms with van der Waals surface area (Å²) in [6.45, 7) is 0.320. The first-order valence-electron chi connectivity index (χ1n) is 6.33. The molecule has 3 rings (SSSR count). The van der Waals surface area contributed by atoms with Gasteiger partial charge in [0.2, 0.25) is 0 Å². The van der Waals surface area contributed by atoms with Crippen LogP contribution in [0.5, 0.6) is 5.75 Å². The number of benzene rings is 1. The van der Waals surface area contributed by atoms with Crippen molar-refractivity contribution in [2.24, 2.45) is 0 Å². The molecule has 2 aromatic heterocycles. The van der Waals surface area contributed by atoms with E-state index < -0.39 is 0 Å². The number of phenolic OH excluding ortho intramolecular Hbond substituents is 1. The second-order valence-corrected chi connectivity index (χ2v) is 4.78. The van der Waals surface area contributed by atoms with Crippen molar-refractivity contribution in [3.63, 3.8) is 0 Å². The van der Waals surface area contributed by atoms with Gasteiger partial charge >= 0.3 is 0 Å². The largest absolute Gasteiger partial charge is 0.508 e. The highest BCUT2D eigenvalue weighted by molar-refractivity contribution is 5.65. The molecular formula is C14H14FN5O. The van der Waals surface area contributed by atoms with E-state index in [2.05, 4.69) is 10.1 Å². The third-order valence-electron chi connectivity index (χ3n) is 3.22. The number of anilines is 2. The molecular weight excluding hydrogens is 273 g/mol. The van der Waals surface area contributed by atoms with Crippen LogP contribution in [0, 0.1) is 5.82 Å². The number of aromatic nitrogens is 3. The van der Waals surface area contributed by atoms with Crippen molar-refractivity contribution in [2.75, 3.05) is 17.7 Å².